The summed E-state index contributed by atoms with van der Waals surface area (Å²) in [5, 5.41) is 5.54. The van der Waals surface area contributed by atoms with Crippen LogP contribution in [0.25, 0.3) is 0 Å². The maximum Gasteiger partial charge on any atom is 0.265 e. The average molecular weight is 352 g/mol. The van der Waals surface area contributed by atoms with Crippen LogP contribution in [0.4, 0.5) is 11.4 Å². The minimum Gasteiger partial charge on any atom is -0.481 e. The number of ether oxygens (including phenoxy) is 1. The molecular weight excluding hydrogens is 328 g/mol. The van der Waals surface area contributed by atoms with Gasteiger partial charge in [0.05, 0.1) is 0 Å². The van der Waals surface area contributed by atoms with Gasteiger partial charge in [0, 0.05) is 18.3 Å². The minimum atomic E-state index is -0.618. The van der Waals surface area contributed by atoms with Crippen molar-refractivity contribution in [2.45, 2.75) is 45.6 Å². The average Bonchev–Trinajstić information content (AvgIpc) is 2.61. The molecule has 26 heavy (non-hydrogen) atoms. The molecule has 0 bridgehead atoms. The number of fused-ring (bicyclic) bond motifs is 1. The summed E-state index contributed by atoms with van der Waals surface area (Å²) >= 11 is 0. The Morgan fingerprint density at radius 3 is 2.46 bits per heavy atom. The van der Waals surface area contributed by atoms with Crippen LogP contribution >= 0.6 is 0 Å². The first-order chi connectivity index (χ1) is 12.5. The number of amides is 2. The van der Waals surface area contributed by atoms with Crippen LogP contribution in [-0.2, 0) is 22.4 Å². The molecule has 0 heterocycles. The number of carbonyl (C=O) groups is 2. The topological polar surface area (TPSA) is 67.4 Å². The summed E-state index contributed by atoms with van der Waals surface area (Å²) in [5.41, 5.74) is 3.81. The van der Waals surface area contributed by atoms with Gasteiger partial charge in [0.1, 0.15) is 5.75 Å². The quantitative estimate of drug-likeness (QED) is 0.857. The Morgan fingerprint density at radius 1 is 1.00 bits per heavy atom. The lowest BCUT2D eigenvalue weighted by Crippen LogP contribution is -2.30. The number of hydrogen-bond acceptors (Lipinski definition) is 3. The summed E-state index contributed by atoms with van der Waals surface area (Å²) in [7, 11) is 0. The lowest BCUT2D eigenvalue weighted by molar-refractivity contribution is -0.122. The normalized spacial score (nSPS) is 14.1. The zero-order chi connectivity index (χ0) is 18.5. The van der Waals surface area contributed by atoms with Gasteiger partial charge < -0.3 is 15.4 Å². The van der Waals surface area contributed by atoms with Gasteiger partial charge in [0.2, 0.25) is 5.91 Å². The fourth-order valence-electron chi connectivity index (χ4n) is 3.22. The fourth-order valence-corrected chi connectivity index (χ4v) is 3.22. The predicted molar refractivity (Wildman–Crippen MR) is 103 cm³/mol. The molecule has 0 saturated carbocycles. The maximum absolute atomic E-state index is 12.5. The van der Waals surface area contributed by atoms with Gasteiger partial charge in [-0.05, 0) is 68.0 Å². The van der Waals surface area contributed by atoms with E-state index < -0.39 is 6.10 Å². The molecule has 2 aromatic carbocycles. The summed E-state index contributed by atoms with van der Waals surface area (Å²) in [4.78, 5) is 23.7. The van der Waals surface area contributed by atoms with Gasteiger partial charge >= 0.3 is 0 Å². The second kappa shape index (κ2) is 8.04. The van der Waals surface area contributed by atoms with E-state index in [1.807, 2.05) is 12.1 Å². The van der Waals surface area contributed by atoms with E-state index in [9.17, 15) is 9.59 Å². The van der Waals surface area contributed by atoms with Crippen LogP contribution in [0.5, 0.6) is 5.75 Å². The van der Waals surface area contributed by atoms with Crippen LogP contribution in [0.1, 0.15) is 37.8 Å². The van der Waals surface area contributed by atoms with Crippen LogP contribution in [0.15, 0.2) is 42.5 Å². The van der Waals surface area contributed by atoms with Crippen molar-refractivity contribution in [2.24, 2.45) is 0 Å². The molecule has 0 spiro atoms. The molecule has 0 aromatic heterocycles. The SMILES string of the molecule is CC(=O)Nc1cccc(NC(=O)[C@@H](C)Oc2cccc3c2CCCC3)c1. The molecule has 0 radical (unpaired) electrons. The van der Waals surface area contributed by atoms with Gasteiger partial charge in [-0.15, -0.1) is 0 Å². The molecule has 0 unspecified atom stereocenters. The molecule has 2 amide bonds. The van der Waals surface area contributed by atoms with Gasteiger partial charge in [0.25, 0.3) is 5.91 Å². The summed E-state index contributed by atoms with van der Waals surface area (Å²) in [6.07, 6.45) is 3.82. The Hall–Kier alpha value is -2.82. The van der Waals surface area contributed by atoms with Crippen molar-refractivity contribution in [1.29, 1.82) is 0 Å². The van der Waals surface area contributed by atoms with Crippen molar-refractivity contribution in [1.82, 2.24) is 0 Å². The summed E-state index contributed by atoms with van der Waals surface area (Å²) < 4.78 is 5.96. The third-order valence-corrected chi connectivity index (χ3v) is 4.48. The molecule has 1 aliphatic carbocycles. The largest absolute Gasteiger partial charge is 0.481 e. The second-order valence-electron chi connectivity index (χ2n) is 6.61. The highest BCUT2D eigenvalue weighted by atomic mass is 16.5. The highest BCUT2D eigenvalue weighted by Gasteiger charge is 2.19. The van der Waals surface area contributed by atoms with Crippen molar-refractivity contribution < 1.29 is 14.3 Å². The van der Waals surface area contributed by atoms with E-state index in [0.29, 0.717) is 11.4 Å². The molecule has 2 N–H and O–H groups in total. The number of anilines is 2. The zero-order valence-corrected chi connectivity index (χ0v) is 15.2. The molecule has 1 aliphatic rings. The molecule has 5 nitrogen and oxygen atoms in total. The Bertz CT molecular complexity index is 817. The van der Waals surface area contributed by atoms with Gasteiger partial charge in [0.15, 0.2) is 6.10 Å². The summed E-state index contributed by atoms with van der Waals surface area (Å²) in [5.74, 6) is 0.425. The molecule has 136 valence electrons. The van der Waals surface area contributed by atoms with Gasteiger partial charge in [-0.2, -0.15) is 0 Å². The smallest absolute Gasteiger partial charge is 0.265 e. The third kappa shape index (κ3) is 4.42. The number of benzene rings is 2. The molecule has 0 aliphatic heterocycles. The van der Waals surface area contributed by atoms with Crippen LogP contribution < -0.4 is 15.4 Å². The number of carbonyl (C=O) groups excluding carboxylic acids is 2. The molecule has 3 rings (SSSR count). The standard InChI is InChI=1S/C21H24N2O3/c1-14(26-20-12-5-8-16-7-3-4-11-19(16)20)21(25)23-18-10-6-9-17(13-18)22-15(2)24/h5-6,8-10,12-14H,3-4,7,11H2,1-2H3,(H,22,24)(H,23,25)/t14-/m1/s1. The monoisotopic (exact) mass is 352 g/mol. The highest BCUT2D eigenvalue weighted by Crippen LogP contribution is 2.30. The molecule has 1 atom stereocenters. The van der Waals surface area contributed by atoms with Crippen molar-refractivity contribution >= 4 is 23.2 Å². The summed E-state index contributed by atoms with van der Waals surface area (Å²) in [6, 6.07) is 13.1. The lowest BCUT2D eigenvalue weighted by Gasteiger charge is -2.22. The third-order valence-electron chi connectivity index (χ3n) is 4.48. The van der Waals surface area contributed by atoms with Crippen LogP contribution in [-0.4, -0.2) is 17.9 Å². The van der Waals surface area contributed by atoms with Crippen LogP contribution in [0.2, 0.25) is 0 Å². The van der Waals surface area contributed by atoms with E-state index >= 15 is 0 Å². The molecule has 5 heteroatoms. The Labute approximate surface area is 153 Å². The van der Waals surface area contributed by atoms with E-state index in [1.165, 1.54) is 24.5 Å². The highest BCUT2D eigenvalue weighted by molar-refractivity contribution is 5.95. The van der Waals surface area contributed by atoms with Gasteiger partial charge in [-0.1, -0.05) is 18.2 Å². The number of aryl methyl sites for hydroxylation is 1. The van der Waals surface area contributed by atoms with Gasteiger partial charge in [-0.25, -0.2) is 0 Å². The van der Waals surface area contributed by atoms with E-state index in [1.54, 1.807) is 31.2 Å². The second-order valence-corrected chi connectivity index (χ2v) is 6.61. The Balaban J connectivity index is 1.66. The molecule has 0 fully saturated rings. The Morgan fingerprint density at radius 2 is 1.69 bits per heavy atom. The molecule has 2 aromatic rings. The fraction of sp³-hybridized carbons (Fsp3) is 0.333. The lowest BCUT2D eigenvalue weighted by atomic mass is 9.91. The first-order valence-corrected chi connectivity index (χ1v) is 8.99. The van der Waals surface area contributed by atoms with E-state index in [-0.39, 0.29) is 11.8 Å². The first kappa shape index (κ1) is 18.0. The zero-order valence-electron chi connectivity index (χ0n) is 15.2. The predicted octanol–water partition coefficient (Wildman–Crippen LogP) is 3.93. The van der Waals surface area contributed by atoms with E-state index in [0.717, 1.165) is 25.0 Å². The summed E-state index contributed by atoms with van der Waals surface area (Å²) in [6.45, 7) is 3.19. The van der Waals surface area contributed by atoms with Crippen molar-refractivity contribution in [3.8, 4) is 5.75 Å². The Kier molecular flexibility index (Phi) is 5.56. The van der Waals surface area contributed by atoms with Crippen molar-refractivity contribution in [2.75, 3.05) is 10.6 Å². The molecular formula is C21H24N2O3. The number of rotatable bonds is 5. The number of hydrogen-bond donors (Lipinski definition) is 2. The molecule has 0 saturated heterocycles. The maximum atomic E-state index is 12.5. The minimum absolute atomic E-state index is 0.154. The van der Waals surface area contributed by atoms with Crippen LogP contribution in [0.3, 0.4) is 0 Å². The number of nitrogens with one attached hydrogen (secondary N) is 2. The van der Waals surface area contributed by atoms with E-state index in [2.05, 4.69) is 16.7 Å². The first-order valence-electron chi connectivity index (χ1n) is 8.99. The van der Waals surface area contributed by atoms with E-state index in [4.69, 9.17) is 4.74 Å². The van der Waals surface area contributed by atoms with Crippen molar-refractivity contribution in [3.05, 3.63) is 53.6 Å². The van der Waals surface area contributed by atoms with Crippen LogP contribution in [0, 0.1) is 0 Å². The van der Waals surface area contributed by atoms with Crippen molar-refractivity contribution in [3.63, 3.8) is 0 Å². The van der Waals surface area contributed by atoms with Gasteiger partial charge in [-0.3, -0.25) is 9.59 Å².